The van der Waals surface area contributed by atoms with Crippen LogP contribution in [0, 0.1) is 5.92 Å². The van der Waals surface area contributed by atoms with Crippen LogP contribution in [-0.2, 0) is 6.42 Å². The van der Waals surface area contributed by atoms with Gasteiger partial charge in [-0.05, 0) is 30.7 Å². The monoisotopic (exact) mass is 324 g/mol. The van der Waals surface area contributed by atoms with E-state index in [1.54, 1.807) is 12.4 Å². The van der Waals surface area contributed by atoms with Gasteiger partial charge >= 0.3 is 0 Å². The molecule has 3 rings (SSSR count). The molecule has 0 unspecified atom stereocenters. The van der Waals surface area contributed by atoms with Crippen LogP contribution in [0.15, 0.2) is 42.7 Å². The molecular weight excluding hydrogens is 300 g/mol. The van der Waals surface area contributed by atoms with Crippen LogP contribution in [0.25, 0.3) is 0 Å². The molecule has 5 nitrogen and oxygen atoms in total. The zero-order valence-corrected chi connectivity index (χ0v) is 14.1. The third-order valence-corrected chi connectivity index (χ3v) is 4.52. The molecule has 1 fully saturated rings. The summed E-state index contributed by atoms with van der Waals surface area (Å²) in [4.78, 5) is 23.1. The molecular formula is C19H24N4O. The highest BCUT2D eigenvalue weighted by Crippen LogP contribution is 2.20. The van der Waals surface area contributed by atoms with Crippen molar-refractivity contribution in [1.82, 2.24) is 15.3 Å². The van der Waals surface area contributed by atoms with Crippen LogP contribution >= 0.6 is 0 Å². The van der Waals surface area contributed by atoms with Crippen molar-refractivity contribution in [3.05, 3.63) is 54.0 Å². The maximum atomic E-state index is 12.1. The fourth-order valence-corrected chi connectivity index (χ4v) is 2.90. The van der Waals surface area contributed by atoms with Crippen molar-refractivity contribution < 1.29 is 4.79 Å². The molecule has 1 aliphatic rings. The van der Waals surface area contributed by atoms with Gasteiger partial charge in [0.25, 0.3) is 5.91 Å². The smallest absolute Gasteiger partial charge is 0.271 e. The number of aromatic nitrogens is 2. The van der Waals surface area contributed by atoms with Crippen LogP contribution < -0.4 is 10.2 Å². The Morgan fingerprint density at radius 2 is 1.92 bits per heavy atom. The normalized spacial score (nSPS) is 15.3. The number of hydrogen-bond donors (Lipinski definition) is 1. The van der Waals surface area contributed by atoms with E-state index in [4.69, 9.17) is 0 Å². The van der Waals surface area contributed by atoms with Gasteiger partial charge in [0, 0.05) is 19.6 Å². The van der Waals surface area contributed by atoms with Crippen LogP contribution in [0.1, 0.15) is 35.8 Å². The Morgan fingerprint density at radius 3 is 2.58 bits per heavy atom. The predicted molar refractivity (Wildman–Crippen MR) is 95.1 cm³/mol. The van der Waals surface area contributed by atoms with Gasteiger partial charge in [0.1, 0.15) is 11.5 Å². The standard InChI is InChI=1S/C19H24N4O/c1-15-8-11-23(12-9-15)18-14-21-17(13-22-18)19(24)20-10-7-16-5-3-2-4-6-16/h2-6,13-15H,7-12H2,1H3,(H,20,24). The van der Waals surface area contributed by atoms with Crippen LogP contribution in [0.5, 0.6) is 0 Å². The minimum absolute atomic E-state index is 0.169. The fourth-order valence-electron chi connectivity index (χ4n) is 2.90. The Morgan fingerprint density at radius 1 is 1.17 bits per heavy atom. The fraction of sp³-hybridized carbons (Fsp3) is 0.421. The Balaban J connectivity index is 1.50. The van der Waals surface area contributed by atoms with Crippen LogP contribution in [0.3, 0.4) is 0 Å². The molecule has 2 heterocycles. The summed E-state index contributed by atoms with van der Waals surface area (Å²) in [5.74, 6) is 1.48. The number of carbonyl (C=O) groups is 1. The molecule has 1 N–H and O–H groups in total. The van der Waals surface area contributed by atoms with Gasteiger partial charge in [-0.15, -0.1) is 0 Å². The number of carbonyl (C=O) groups excluding carboxylic acids is 1. The average molecular weight is 324 g/mol. The zero-order valence-electron chi connectivity index (χ0n) is 14.1. The zero-order chi connectivity index (χ0) is 16.8. The number of amides is 1. The first-order valence-electron chi connectivity index (χ1n) is 8.61. The molecule has 0 bridgehead atoms. The number of nitrogens with one attached hydrogen (secondary N) is 1. The maximum absolute atomic E-state index is 12.1. The highest BCUT2D eigenvalue weighted by Gasteiger charge is 2.17. The first-order valence-corrected chi connectivity index (χ1v) is 8.61. The molecule has 0 radical (unpaired) electrons. The van der Waals surface area contributed by atoms with Gasteiger partial charge in [-0.2, -0.15) is 0 Å². The molecule has 0 saturated carbocycles. The van der Waals surface area contributed by atoms with Crippen molar-refractivity contribution in [3.8, 4) is 0 Å². The van der Waals surface area contributed by atoms with Gasteiger partial charge in [0.05, 0.1) is 12.4 Å². The van der Waals surface area contributed by atoms with E-state index in [1.807, 2.05) is 18.2 Å². The Bertz CT molecular complexity index is 649. The molecule has 1 aromatic heterocycles. The molecule has 0 spiro atoms. The molecule has 126 valence electrons. The number of anilines is 1. The summed E-state index contributed by atoms with van der Waals surface area (Å²) in [5, 5.41) is 2.90. The van der Waals surface area contributed by atoms with Crippen molar-refractivity contribution in [1.29, 1.82) is 0 Å². The van der Waals surface area contributed by atoms with E-state index in [-0.39, 0.29) is 5.91 Å². The van der Waals surface area contributed by atoms with Gasteiger partial charge < -0.3 is 10.2 Å². The lowest BCUT2D eigenvalue weighted by atomic mass is 9.99. The van der Waals surface area contributed by atoms with Gasteiger partial charge in [-0.3, -0.25) is 4.79 Å². The lowest BCUT2D eigenvalue weighted by Crippen LogP contribution is -2.33. The molecule has 1 aromatic carbocycles. The lowest BCUT2D eigenvalue weighted by Gasteiger charge is -2.30. The second-order valence-corrected chi connectivity index (χ2v) is 6.42. The molecule has 24 heavy (non-hydrogen) atoms. The molecule has 1 aliphatic heterocycles. The Labute approximate surface area is 143 Å². The van der Waals surface area contributed by atoms with E-state index in [1.165, 1.54) is 18.4 Å². The van der Waals surface area contributed by atoms with E-state index in [9.17, 15) is 4.79 Å². The quantitative estimate of drug-likeness (QED) is 0.919. The summed E-state index contributed by atoms with van der Waals surface area (Å²) in [6.45, 7) is 4.90. The van der Waals surface area contributed by atoms with Crippen molar-refractivity contribution in [2.45, 2.75) is 26.2 Å². The van der Waals surface area contributed by atoms with Gasteiger partial charge in [-0.1, -0.05) is 37.3 Å². The summed E-state index contributed by atoms with van der Waals surface area (Å²) >= 11 is 0. The van der Waals surface area contributed by atoms with E-state index in [2.05, 4.69) is 39.2 Å². The lowest BCUT2D eigenvalue weighted by molar-refractivity contribution is 0.0949. The Hall–Kier alpha value is -2.43. The minimum Gasteiger partial charge on any atom is -0.355 e. The number of hydrogen-bond acceptors (Lipinski definition) is 4. The van der Waals surface area contributed by atoms with Crippen LogP contribution in [0.4, 0.5) is 5.82 Å². The van der Waals surface area contributed by atoms with Crippen molar-refractivity contribution in [3.63, 3.8) is 0 Å². The average Bonchev–Trinajstić information content (AvgIpc) is 2.63. The molecule has 1 saturated heterocycles. The summed E-state index contributed by atoms with van der Waals surface area (Å²) in [5.41, 5.74) is 1.58. The third kappa shape index (κ3) is 4.31. The molecule has 1 amide bonds. The molecule has 0 atom stereocenters. The van der Waals surface area contributed by atoms with E-state index >= 15 is 0 Å². The first-order chi connectivity index (χ1) is 11.7. The van der Waals surface area contributed by atoms with Crippen molar-refractivity contribution in [2.24, 2.45) is 5.92 Å². The van der Waals surface area contributed by atoms with Crippen LogP contribution in [0.2, 0.25) is 0 Å². The predicted octanol–water partition coefficient (Wildman–Crippen LogP) is 2.69. The molecule has 5 heteroatoms. The highest BCUT2D eigenvalue weighted by molar-refractivity contribution is 5.92. The summed E-state index contributed by atoms with van der Waals surface area (Å²) in [6.07, 6.45) is 6.46. The van der Waals surface area contributed by atoms with Gasteiger partial charge in [0.2, 0.25) is 0 Å². The summed E-state index contributed by atoms with van der Waals surface area (Å²) < 4.78 is 0. The summed E-state index contributed by atoms with van der Waals surface area (Å²) in [6, 6.07) is 10.1. The molecule has 0 aliphatic carbocycles. The first kappa shape index (κ1) is 16.4. The highest BCUT2D eigenvalue weighted by atomic mass is 16.1. The van der Waals surface area contributed by atoms with Crippen molar-refractivity contribution >= 4 is 11.7 Å². The second kappa shape index (κ2) is 7.90. The van der Waals surface area contributed by atoms with Gasteiger partial charge in [0.15, 0.2) is 0 Å². The minimum atomic E-state index is -0.169. The van der Waals surface area contributed by atoms with E-state index in [0.717, 1.165) is 31.2 Å². The number of benzene rings is 1. The Kier molecular flexibility index (Phi) is 5.41. The maximum Gasteiger partial charge on any atom is 0.271 e. The number of rotatable bonds is 5. The van der Waals surface area contributed by atoms with Crippen molar-refractivity contribution in [2.75, 3.05) is 24.5 Å². The third-order valence-electron chi connectivity index (χ3n) is 4.52. The topological polar surface area (TPSA) is 58.1 Å². The van der Waals surface area contributed by atoms with E-state index < -0.39 is 0 Å². The number of nitrogens with zero attached hydrogens (tertiary/aromatic N) is 3. The SMILES string of the molecule is CC1CCN(c2cnc(C(=O)NCCc3ccccc3)cn2)CC1. The largest absolute Gasteiger partial charge is 0.355 e. The second-order valence-electron chi connectivity index (χ2n) is 6.42. The number of piperidine rings is 1. The van der Waals surface area contributed by atoms with Gasteiger partial charge in [-0.25, -0.2) is 9.97 Å². The van der Waals surface area contributed by atoms with E-state index in [0.29, 0.717) is 12.2 Å². The van der Waals surface area contributed by atoms with Crippen LogP contribution in [-0.4, -0.2) is 35.5 Å². The summed E-state index contributed by atoms with van der Waals surface area (Å²) in [7, 11) is 0. The molecule has 2 aromatic rings.